The lowest BCUT2D eigenvalue weighted by atomic mass is 10.3. The first kappa shape index (κ1) is 13.8. The summed E-state index contributed by atoms with van der Waals surface area (Å²) in [6, 6.07) is 6.74. The molecule has 0 atom stereocenters. The van der Waals surface area contributed by atoms with E-state index in [2.05, 4.69) is 5.32 Å². The van der Waals surface area contributed by atoms with E-state index in [0.29, 0.717) is 5.69 Å². The number of hydrogen-bond donors (Lipinski definition) is 3. The van der Waals surface area contributed by atoms with Gasteiger partial charge in [-0.05, 0) is 24.3 Å². The molecule has 8 heteroatoms. The van der Waals surface area contributed by atoms with E-state index in [1.165, 1.54) is 11.8 Å². The number of amides is 1. The molecule has 0 aliphatic carbocycles. The number of primary amides is 1. The van der Waals surface area contributed by atoms with Gasteiger partial charge < -0.3 is 11.1 Å². The molecule has 0 saturated heterocycles. The molecule has 0 aliphatic heterocycles. The summed E-state index contributed by atoms with van der Waals surface area (Å²) in [5.74, 6) is -0.748. The van der Waals surface area contributed by atoms with Crippen molar-refractivity contribution in [2.75, 3.05) is 16.9 Å². The number of nitrogens with two attached hydrogens (primary N) is 1. The van der Waals surface area contributed by atoms with Crippen molar-refractivity contribution >= 4 is 33.5 Å². The van der Waals surface area contributed by atoms with Crippen LogP contribution in [0.5, 0.6) is 0 Å². The van der Waals surface area contributed by atoms with Crippen molar-refractivity contribution in [2.24, 2.45) is 5.73 Å². The first-order chi connectivity index (χ1) is 7.87. The summed E-state index contributed by atoms with van der Waals surface area (Å²) in [7, 11) is -4.03. The summed E-state index contributed by atoms with van der Waals surface area (Å²) in [4.78, 5) is 11.4. The smallest absolute Gasteiger partial charge is 0.283 e. The second-order valence-electron chi connectivity index (χ2n) is 3.18. The minimum Gasteiger partial charge on any atom is -0.370 e. The average molecular weight is 276 g/mol. The van der Waals surface area contributed by atoms with Gasteiger partial charge in [-0.2, -0.15) is 8.42 Å². The van der Waals surface area contributed by atoms with Gasteiger partial charge in [0.25, 0.3) is 10.1 Å². The second kappa shape index (κ2) is 5.89. The Kier molecular flexibility index (Phi) is 4.79. The molecule has 94 valence electrons. The van der Waals surface area contributed by atoms with Crippen molar-refractivity contribution in [1.82, 2.24) is 0 Å². The van der Waals surface area contributed by atoms with E-state index >= 15 is 0 Å². The largest absolute Gasteiger partial charge is 0.370 e. The molecule has 0 bridgehead atoms. The zero-order chi connectivity index (χ0) is 12.9. The molecule has 1 amide bonds. The zero-order valence-corrected chi connectivity index (χ0v) is 10.4. The molecule has 0 spiro atoms. The second-order valence-corrected chi connectivity index (χ2v) is 5.68. The Bertz CT molecular complexity index is 484. The highest BCUT2D eigenvalue weighted by Gasteiger charge is 2.03. The Hall–Kier alpha value is -1.25. The summed E-state index contributed by atoms with van der Waals surface area (Å²) in [6.45, 7) is 0. The maximum Gasteiger partial charge on any atom is 0.283 e. The van der Waals surface area contributed by atoms with Gasteiger partial charge >= 0.3 is 0 Å². The SMILES string of the molecule is NC(=O)CSc1ccc(NCS(=O)(=O)O)cc1. The van der Waals surface area contributed by atoms with Gasteiger partial charge in [0.15, 0.2) is 0 Å². The molecule has 0 saturated carbocycles. The van der Waals surface area contributed by atoms with Gasteiger partial charge in [0.2, 0.25) is 5.91 Å². The normalized spacial score (nSPS) is 11.1. The van der Waals surface area contributed by atoms with E-state index in [1.807, 2.05) is 0 Å². The number of benzene rings is 1. The van der Waals surface area contributed by atoms with E-state index in [9.17, 15) is 13.2 Å². The van der Waals surface area contributed by atoms with Crippen molar-refractivity contribution in [3.63, 3.8) is 0 Å². The molecule has 0 aromatic heterocycles. The van der Waals surface area contributed by atoms with Gasteiger partial charge in [-0.1, -0.05) is 0 Å². The van der Waals surface area contributed by atoms with Crippen LogP contribution in [-0.4, -0.2) is 30.5 Å². The molecule has 6 nitrogen and oxygen atoms in total. The quantitative estimate of drug-likeness (QED) is 0.516. The third kappa shape index (κ3) is 6.15. The Morgan fingerprint density at radius 2 is 1.94 bits per heavy atom. The van der Waals surface area contributed by atoms with Gasteiger partial charge in [-0.25, -0.2) is 0 Å². The fourth-order valence-corrected chi connectivity index (χ4v) is 1.98. The predicted molar refractivity (Wildman–Crippen MR) is 66.4 cm³/mol. The Labute approximate surface area is 103 Å². The summed E-state index contributed by atoms with van der Waals surface area (Å²) < 4.78 is 29.5. The molecule has 0 heterocycles. The fourth-order valence-electron chi connectivity index (χ4n) is 0.998. The molecule has 0 fully saturated rings. The van der Waals surface area contributed by atoms with Crippen molar-refractivity contribution in [3.8, 4) is 0 Å². The van der Waals surface area contributed by atoms with Crippen molar-refractivity contribution in [3.05, 3.63) is 24.3 Å². The van der Waals surface area contributed by atoms with Crippen LogP contribution in [0, 0.1) is 0 Å². The Morgan fingerprint density at radius 1 is 1.35 bits per heavy atom. The Morgan fingerprint density at radius 3 is 2.41 bits per heavy atom. The minimum atomic E-state index is -4.03. The van der Waals surface area contributed by atoms with Crippen LogP contribution in [0.1, 0.15) is 0 Å². The lowest BCUT2D eigenvalue weighted by Crippen LogP contribution is -2.13. The molecule has 17 heavy (non-hydrogen) atoms. The van der Waals surface area contributed by atoms with Gasteiger partial charge in [-0.15, -0.1) is 11.8 Å². The van der Waals surface area contributed by atoms with E-state index < -0.39 is 21.9 Å². The maximum atomic E-state index is 10.5. The minimum absolute atomic E-state index is 0.192. The number of rotatable bonds is 6. The topological polar surface area (TPSA) is 109 Å². The summed E-state index contributed by atoms with van der Waals surface area (Å²) >= 11 is 1.29. The molecule has 0 radical (unpaired) electrons. The molecule has 1 aromatic rings. The van der Waals surface area contributed by atoms with Crippen LogP contribution < -0.4 is 11.1 Å². The standard InChI is InChI=1S/C9H12N2O4S2/c10-9(12)5-16-8-3-1-7(2-4-8)11-6-17(13,14)15/h1-4,11H,5-6H2,(H2,10,12)(H,13,14,15). The van der Waals surface area contributed by atoms with Gasteiger partial charge in [-0.3, -0.25) is 9.35 Å². The van der Waals surface area contributed by atoms with Crippen molar-refractivity contribution in [1.29, 1.82) is 0 Å². The number of carbonyl (C=O) groups excluding carboxylic acids is 1. The third-order valence-corrected chi connectivity index (χ3v) is 3.24. The maximum absolute atomic E-state index is 10.5. The Balaban J connectivity index is 2.53. The predicted octanol–water partition coefficient (Wildman–Crippen LogP) is 0.521. The highest BCUT2D eigenvalue weighted by atomic mass is 32.2. The van der Waals surface area contributed by atoms with Crippen LogP contribution in [0.2, 0.25) is 0 Å². The molecule has 0 unspecified atom stereocenters. The average Bonchev–Trinajstić information content (AvgIpc) is 2.24. The van der Waals surface area contributed by atoms with E-state index in [0.717, 1.165) is 4.90 Å². The van der Waals surface area contributed by atoms with Gasteiger partial charge in [0.05, 0.1) is 5.75 Å². The van der Waals surface area contributed by atoms with Crippen LogP contribution in [-0.2, 0) is 14.9 Å². The highest BCUT2D eigenvalue weighted by Crippen LogP contribution is 2.19. The first-order valence-corrected chi connectivity index (χ1v) is 7.16. The van der Waals surface area contributed by atoms with Crippen molar-refractivity contribution in [2.45, 2.75) is 4.90 Å². The molecular weight excluding hydrogens is 264 g/mol. The fraction of sp³-hybridized carbons (Fsp3) is 0.222. The summed E-state index contributed by atoms with van der Waals surface area (Å²) in [6.07, 6.45) is 0. The third-order valence-electron chi connectivity index (χ3n) is 1.69. The molecule has 1 aromatic carbocycles. The first-order valence-electron chi connectivity index (χ1n) is 4.57. The summed E-state index contributed by atoms with van der Waals surface area (Å²) in [5.41, 5.74) is 5.56. The van der Waals surface area contributed by atoms with Crippen LogP contribution in [0.25, 0.3) is 0 Å². The van der Waals surface area contributed by atoms with Gasteiger partial charge in [0.1, 0.15) is 5.88 Å². The van der Waals surface area contributed by atoms with E-state index in [4.69, 9.17) is 10.3 Å². The zero-order valence-electron chi connectivity index (χ0n) is 8.79. The monoisotopic (exact) mass is 276 g/mol. The number of nitrogens with one attached hydrogen (secondary N) is 1. The van der Waals surface area contributed by atoms with E-state index in [-0.39, 0.29) is 5.75 Å². The van der Waals surface area contributed by atoms with E-state index in [1.54, 1.807) is 24.3 Å². The lowest BCUT2D eigenvalue weighted by Gasteiger charge is -2.05. The summed E-state index contributed by atoms with van der Waals surface area (Å²) in [5, 5.41) is 2.54. The molecule has 4 N–H and O–H groups in total. The van der Waals surface area contributed by atoms with Crippen LogP contribution in [0.4, 0.5) is 5.69 Å². The van der Waals surface area contributed by atoms with Crippen LogP contribution in [0.3, 0.4) is 0 Å². The van der Waals surface area contributed by atoms with Crippen LogP contribution >= 0.6 is 11.8 Å². The van der Waals surface area contributed by atoms with Crippen LogP contribution in [0.15, 0.2) is 29.2 Å². The highest BCUT2D eigenvalue weighted by molar-refractivity contribution is 8.00. The van der Waals surface area contributed by atoms with Gasteiger partial charge in [0, 0.05) is 10.6 Å². The molecule has 0 aliphatic rings. The molecular formula is C9H12N2O4S2. The lowest BCUT2D eigenvalue weighted by molar-refractivity contribution is -0.115. The van der Waals surface area contributed by atoms with Crippen molar-refractivity contribution < 1.29 is 17.8 Å². The number of carbonyl (C=O) groups is 1. The number of thioether (sulfide) groups is 1. The number of hydrogen-bond acceptors (Lipinski definition) is 5. The number of anilines is 1. The molecule has 1 rings (SSSR count).